The van der Waals surface area contributed by atoms with Crippen LogP contribution >= 0.6 is 0 Å². The molecule has 72 valence electrons. The Kier molecular flexibility index (Phi) is 46.7. The van der Waals surface area contributed by atoms with Gasteiger partial charge >= 0.3 is 35.8 Å². The van der Waals surface area contributed by atoms with Crippen molar-refractivity contribution in [3.05, 3.63) is 30.6 Å². The summed E-state index contributed by atoms with van der Waals surface area (Å²) < 4.78 is 7.88. The first-order valence-electron chi connectivity index (χ1n) is 1.22. The van der Waals surface area contributed by atoms with Crippen molar-refractivity contribution in [3.8, 4) is 0 Å². The molecule has 0 N–H and O–H groups in total. The second-order valence-corrected chi connectivity index (χ2v) is 0.447. The van der Waals surface area contributed by atoms with Gasteiger partial charge in [-0.2, -0.15) is 0 Å². The standard InChI is InChI=1S/2NO3.2Ni.O/c2*2-1(3)4;;;/q2*-1;;+2;. The molecule has 0 amide bonds. The van der Waals surface area contributed by atoms with Gasteiger partial charge in [0.25, 0.3) is 0 Å². The van der Waals surface area contributed by atoms with Gasteiger partial charge in [-0.05, 0) is 0 Å². The summed E-state index contributed by atoms with van der Waals surface area (Å²) in [6, 6.07) is 0. The molecule has 0 aromatic rings. The molecule has 0 fully saturated rings. The molecule has 0 rings (SSSR count). The van der Waals surface area contributed by atoms with Gasteiger partial charge in [-0.15, -0.1) is 0 Å². The zero-order chi connectivity index (χ0) is 9.15. The molecule has 0 aromatic heterocycles. The predicted octanol–water partition coefficient (Wildman–Crippen LogP) is -0.602. The van der Waals surface area contributed by atoms with E-state index in [1.165, 1.54) is 0 Å². The fourth-order valence-corrected chi connectivity index (χ4v) is 0. The maximum atomic E-state index is 8.25. The third-order valence-electron chi connectivity index (χ3n) is 0. The van der Waals surface area contributed by atoms with E-state index >= 15 is 0 Å². The van der Waals surface area contributed by atoms with E-state index in [2.05, 4.69) is 15.4 Å². The Hall–Kier alpha value is -0.813. The minimum absolute atomic E-state index is 0. The molecule has 0 saturated heterocycles. The van der Waals surface area contributed by atoms with Crippen molar-refractivity contribution >= 4 is 0 Å². The Bertz CT molecular complexity index is 82.6. The third kappa shape index (κ3) is 718. The van der Waals surface area contributed by atoms with E-state index in [1.54, 1.807) is 0 Å². The van der Waals surface area contributed by atoms with E-state index in [-0.39, 0.29) is 16.5 Å². The maximum absolute atomic E-state index is 8.25. The topological polar surface area (TPSA) is 149 Å². The molecule has 0 heterocycles. The first-order valence-corrected chi connectivity index (χ1v) is 1.63. The molecule has 0 aliphatic rings. The van der Waals surface area contributed by atoms with Crippen molar-refractivity contribution < 1.29 is 46.0 Å². The average Bonchev–Trinajstić information content (AvgIpc) is 1.66. The second-order valence-electron chi connectivity index (χ2n) is 0.447. The first kappa shape index (κ1) is 22.5. The zero-order valence-corrected chi connectivity index (χ0v) is 6.36. The summed E-state index contributed by atoms with van der Waals surface area (Å²) in [6.45, 7) is 0. The zero-order valence-electron chi connectivity index (χ0n) is 4.38. The van der Waals surface area contributed by atoms with Crippen LogP contribution in [0.3, 0.4) is 0 Å². The monoisotopic (exact) mass is 256 g/mol. The van der Waals surface area contributed by atoms with Gasteiger partial charge in [0.2, 0.25) is 0 Å². The summed E-state index contributed by atoms with van der Waals surface area (Å²) in [4.78, 5) is 16.5. The number of nitrogens with zero attached hydrogens (tertiary/aromatic N) is 2. The van der Waals surface area contributed by atoms with Gasteiger partial charge in [0.15, 0.2) is 0 Å². The Morgan fingerprint density at radius 3 is 0.818 bits per heavy atom. The van der Waals surface area contributed by atoms with E-state index in [1.807, 2.05) is 0 Å². The summed E-state index contributed by atoms with van der Waals surface area (Å²) in [6.07, 6.45) is 0. The van der Waals surface area contributed by atoms with E-state index in [9.17, 15) is 0 Å². The summed E-state index contributed by atoms with van der Waals surface area (Å²) in [5.74, 6) is 0. The summed E-state index contributed by atoms with van der Waals surface area (Å²) >= 11 is 2.62. The summed E-state index contributed by atoms with van der Waals surface area (Å²) in [7, 11) is 0. The Balaban J connectivity index is -0.0000000339. The molecule has 0 spiro atoms. The van der Waals surface area contributed by atoms with Crippen molar-refractivity contribution in [2.24, 2.45) is 0 Å². The van der Waals surface area contributed by atoms with Gasteiger partial charge in [-0.3, -0.25) is 0 Å². The molecular weight excluding hydrogens is 257 g/mol. The van der Waals surface area contributed by atoms with Crippen LogP contribution in [0.5, 0.6) is 0 Å². The Morgan fingerprint density at radius 1 is 0.818 bits per heavy atom. The molecule has 0 radical (unpaired) electrons. The molecule has 0 aliphatic heterocycles. The molecule has 0 aliphatic carbocycles. The van der Waals surface area contributed by atoms with Crippen molar-refractivity contribution in [3.63, 3.8) is 0 Å². The van der Waals surface area contributed by atoms with Gasteiger partial charge in [0.1, 0.15) is 0 Å². The molecule has 0 saturated carbocycles. The van der Waals surface area contributed by atoms with E-state index in [4.69, 9.17) is 34.5 Å². The molecule has 11 heavy (non-hydrogen) atoms. The van der Waals surface area contributed by atoms with Gasteiger partial charge in [-0.25, -0.2) is 0 Å². The number of hydrogen-bond donors (Lipinski definition) is 0. The van der Waals surface area contributed by atoms with Crippen LogP contribution in [0, 0.1) is 30.6 Å². The fourth-order valence-electron chi connectivity index (χ4n) is 0. The molecule has 11 heteroatoms. The SMILES string of the molecule is O=[N+]([O-])[O-].O=[N+]([O-])[O-].[Ni+2].[O]=[Ni]. The van der Waals surface area contributed by atoms with E-state index < -0.39 is 10.2 Å². The Labute approximate surface area is 77.1 Å². The molecule has 9 nitrogen and oxygen atoms in total. The molecule has 0 atom stereocenters. The fraction of sp³-hybridized carbons (Fsp3) is 0. The van der Waals surface area contributed by atoms with Crippen molar-refractivity contribution in [1.82, 2.24) is 0 Å². The van der Waals surface area contributed by atoms with E-state index in [0.717, 1.165) is 0 Å². The van der Waals surface area contributed by atoms with Crippen LogP contribution < -0.4 is 0 Å². The van der Waals surface area contributed by atoms with Crippen LogP contribution in [0.25, 0.3) is 0 Å². The van der Waals surface area contributed by atoms with Crippen molar-refractivity contribution in [2.75, 3.05) is 0 Å². The normalized spacial score (nSPS) is 4.91. The molecule has 0 unspecified atom stereocenters. The second kappa shape index (κ2) is 22.9. The van der Waals surface area contributed by atoms with Gasteiger partial charge in [0, 0.05) is 0 Å². The van der Waals surface area contributed by atoms with E-state index in [0.29, 0.717) is 0 Å². The van der Waals surface area contributed by atoms with Crippen LogP contribution in [0.2, 0.25) is 0 Å². The number of rotatable bonds is 0. The van der Waals surface area contributed by atoms with Crippen LogP contribution in [0.4, 0.5) is 0 Å². The average molecular weight is 257 g/mol. The van der Waals surface area contributed by atoms with Crippen LogP contribution in [-0.4, -0.2) is 10.2 Å². The molecule has 0 bridgehead atoms. The Morgan fingerprint density at radius 2 is 0.818 bits per heavy atom. The van der Waals surface area contributed by atoms with Gasteiger partial charge < -0.3 is 30.6 Å². The molecule has 0 aromatic carbocycles. The minimum atomic E-state index is -1.75. The third-order valence-corrected chi connectivity index (χ3v) is 0. The quantitative estimate of drug-likeness (QED) is 0.319. The van der Waals surface area contributed by atoms with Crippen LogP contribution in [0.1, 0.15) is 0 Å². The predicted molar refractivity (Wildman–Crippen MR) is 21.4 cm³/mol. The summed E-state index contributed by atoms with van der Waals surface area (Å²) in [5, 5.41) is 29.5. The number of hydrogen-bond acceptors (Lipinski definition) is 7. The van der Waals surface area contributed by atoms with Gasteiger partial charge in [-0.1, -0.05) is 0 Å². The van der Waals surface area contributed by atoms with Crippen molar-refractivity contribution in [1.29, 1.82) is 0 Å². The summed E-state index contributed by atoms with van der Waals surface area (Å²) in [5.41, 5.74) is 0. The van der Waals surface area contributed by atoms with Crippen LogP contribution in [0.15, 0.2) is 0 Å². The van der Waals surface area contributed by atoms with Crippen LogP contribution in [-0.2, 0) is 35.8 Å². The van der Waals surface area contributed by atoms with Crippen molar-refractivity contribution in [2.45, 2.75) is 0 Å². The molecular formula is N2Ni2O7. The van der Waals surface area contributed by atoms with Gasteiger partial charge in [0.05, 0.1) is 10.2 Å². The first-order chi connectivity index (χ1) is 4.46.